The van der Waals surface area contributed by atoms with Crippen molar-refractivity contribution in [2.45, 2.75) is 26.4 Å². The maximum Gasteiger partial charge on any atom is 0.282 e. The topological polar surface area (TPSA) is 143 Å². The largest absolute Gasteiger partial charge is 0.488 e. The number of ether oxygens (including phenoxy) is 1. The van der Waals surface area contributed by atoms with Crippen molar-refractivity contribution >= 4 is 44.4 Å². The van der Waals surface area contributed by atoms with Crippen LogP contribution in [-0.4, -0.2) is 25.7 Å². The number of aromatic nitrogens is 2. The van der Waals surface area contributed by atoms with Gasteiger partial charge in [0.05, 0.1) is 27.0 Å². The van der Waals surface area contributed by atoms with Gasteiger partial charge >= 0.3 is 0 Å². The van der Waals surface area contributed by atoms with Crippen LogP contribution in [0.5, 0.6) is 5.75 Å². The van der Waals surface area contributed by atoms with Gasteiger partial charge in [0.2, 0.25) is 0 Å². The summed E-state index contributed by atoms with van der Waals surface area (Å²) in [5.41, 5.74) is 0.898. The van der Waals surface area contributed by atoms with Gasteiger partial charge < -0.3 is 4.74 Å². The molecule has 11 nitrogen and oxygen atoms in total. The van der Waals surface area contributed by atoms with Gasteiger partial charge in [-0.15, -0.1) is 0 Å². The van der Waals surface area contributed by atoms with Gasteiger partial charge in [0, 0.05) is 40.7 Å². The second-order valence-electron chi connectivity index (χ2n) is 7.99. The van der Waals surface area contributed by atoms with Crippen molar-refractivity contribution < 1.29 is 14.6 Å². The maximum atomic E-state index is 13.2. The first-order valence-corrected chi connectivity index (χ1v) is 12.0. The monoisotopic (exact) mass is 565 g/mol. The van der Waals surface area contributed by atoms with Crippen LogP contribution in [0, 0.1) is 20.2 Å². The van der Waals surface area contributed by atoms with Gasteiger partial charge in [0.1, 0.15) is 18.2 Å². The zero-order valence-corrected chi connectivity index (χ0v) is 21.1. The van der Waals surface area contributed by atoms with Crippen LogP contribution in [-0.2, 0) is 13.0 Å². The molecule has 0 spiro atoms. The molecule has 1 heterocycles. The van der Waals surface area contributed by atoms with E-state index in [0.29, 0.717) is 28.7 Å². The molecular weight excluding hydrogens is 546 g/mol. The Kier molecular flexibility index (Phi) is 7.68. The van der Waals surface area contributed by atoms with Crippen LogP contribution in [0.15, 0.2) is 75.0 Å². The third-order valence-corrected chi connectivity index (χ3v) is 5.90. The number of non-ortho nitro benzene ring substituents is 2. The van der Waals surface area contributed by atoms with Crippen molar-refractivity contribution in [3.8, 4) is 5.75 Å². The van der Waals surface area contributed by atoms with Crippen LogP contribution >= 0.6 is 15.9 Å². The number of nitro benzene ring substituents is 2. The Balaban J connectivity index is 1.72. The second kappa shape index (κ2) is 11.1. The van der Waals surface area contributed by atoms with Crippen molar-refractivity contribution in [2.24, 2.45) is 5.10 Å². The van der Waals surface area contributed by atoms with E-state index in [9.17, 15) is 25.0 Å². The third-order valence-electron chi connectivity index (χ3n) is 5.41. The number of hydrogen-bond acceptors (Lipinski definition) is 8. The first-order chi connectivity index (χ1) is 17.8. The number of rotatable bonds is 9. The molecular formula is C25H20BrN5O6. The number of hydrogen-bond donors (Lipinski definition) is 0. The van der Waals surface area contributed by atoms with Crippen molar-refractivity contribution in [1.82, 2.24) is 9.66 Å². The van der Waals surface area contributed by atoms with E-state index in [2.05, 4.69) is 26.0 Å². The quantitative estimate of drug-likeness (QED) is 0.150. The number of benzene rings is 3. The molecule has 0 aliphatic rings. The van der Waals surface area contributed by atoms with E-state index in [4.69, 9.17) is 4.74 Å². The minimum absolute atomic E-state index is 0.0451. The number of nitro groups is 2. The highest BCUT2D eigenvalue weighted by Gasteiger charge is 2.14. The Hall–Kier alpha value is -4.45. The highest BCUT2D eigenvalue weighted by Crippen LogP contribution is 2.25. The van der Waals surface area contributed by atoms with E-state index < -0.39 is 9.85 Å². The predicted molar refractivity (Wildman–Crippen MR) is 141 cm³/mol. The van der Waals surface area contributed by atoms with Crippen LogP contribution in [0.2, 0.25) is 0 Å². The summed E-state index contributed by atoms with van der Waals surface area (Å²) in [6.07, 6.45) is 2.55. The van der Waals surface area contributed by atoms with Crippen LogP contribution < -0.4 is 10.3 Å². The maximum absolute atomic E-state index is 13.2. The van der Waals surface area contributed by atoms with Crippen LogP contribution in [0.1, 0.15) is 30.3 Å². The van der Waals surface area contributed by atoms with Gasteiger partial charge in [-0.3, -0.25) is 25.0 Å². The molecule has 0 amide bonds. The summed E-state index contributed by atoms with van der Waals surface area (Å²) in [6.45, 7) is 2.01. The van der Waals surface area contributed by atoms with Gasteiger partial charge in [-0.25, -0.2) is 4.98 Å². The van der Waals surface area contributed by atoms with Crippen molar-refractivity contribution in [2.75, 3.05) is 0 Å². The third kappa shape index (κ3) is 5.86. The highest BCUT2D eigenvalue weighted by atomic mass is 79.9. The van der Waals surface area contributed by atoms with E-state index >= 15 is 0 Å². The molecule has 0 bridgehead atoms. The number of aryl methyl sites for hydroxylation is 1. The van der Waals surface area contributed by atoms with Crippen LogP contribution in [0.3, 0.4) is 0 Å². The molecule has 0 N–H and O–H groups in total. The van der Waals surface area contributed by atoms with E-state index in [0.717, 1.165) is 10.9 Å². The molecule has 4 rings (SSSR count). The average Bonchev–Trinajstić information content (AvgIpc) is 2.88. The molecule has 37 heavy (non-hydrogen) atoms. The van der Waals surface area contributed by atoms with Crippen LogP contribution in [0.4, 0.5) is 11.4 Å². The average molecular weight is 566 g/mol. The molecule has 0 saturated heterocycles. The highest BCUT2D eigenvalue weighted by molar-refractivity contribution is 9.10. The molecule has 0 unspecified atom stereocenters. The molecule has 0 saturated carbocycles. The molecule has 0 radical (unpaired) electrons. The smallest absolute Gasteiger partial charge is 0.282 e. The Morgan fingerprint density at radius 3 is 2.41 bits per heavy atom. The lowest BCUT2D eigenvalue weighted by molar-refractivity contribution is -0.385. The molecule has 4 aromatic rings. The molecule has 0 aliphatic heterocycles. The summed E-state index contributed by atoms with van der Waals surface area (Å²) < 4.78 is 7.76. The molecule has 12 heteroatoms. The minimum Gasteiger partial charge on any atom is -0.488 e. The standard InChI is InChI=1S/C25H20BrN5O6/c1-2-3-24-28-22-10-6-18(26)13-21(22)25(32)29(24)27-14-17-12-20(31(35)36)9-11-23(17)37-15-16-4-7-19(8-5-16)30(33)34/h4-14H,2-3,15H2,1H3. The van der Waals surface area contributed by atoms with Crippen molar-refractivity contribution in [3.05, 3.63) is 113 Å². The van der Waals surface area contributed by atoms with Crippen molar-refractivity contribution in [3.63, 3.8) is 0 Å². The van der Waals surface area contributed by atoms with E-state index in [1.54, 1.807) is 30.3 Å². The summed E-state index contributed by atoms with van der Waals surface area (Å²) in [7, 11) is 0. The summed E-state index contributed by atoms with van der Waals surface area (Å²) in [4.78, 5) is 39.0. The summed E-state index contributed by atoms with van der Waals surface area (Å²) in [6, 6.07) is 15.1. The SMILES string of the molecule is CCCc1nc2ccc(Br)cc2c(=O)n1N=Cc1cc([N+](=O)[O-])ccc1OCc1ccc([N+](=O)[O-])cc1. The zero-order valence-electron chi connectivity index (χ0n) is 19.5. The first kappa shape index (κ1) is 25.6. The lowest BCUT2D eigenvalue weighted by Crippen LogP contribution is -2.22. The number of halogens is 1. The minimum atomic E-state index is -0.540. The van der Waals surface area contributed by atoms with E-state index in [1.165, 1.54) is 41.2 Å². The van der Waals surface area contributed by atoms with Gasteiger partial charge in [0.25, 0.3) is 16.9 Å². The number of nitrogens with zero attached hydrogens (tertiary/aromatic N) is 5. The Labute approximate surface area is 218 Å². The Morgan fingerprint density at radius 2 is 1.73 bits per heavy atom. The van der Waals surface area contributed by atoms with E-state index in [-0.39, 0.29) is 34.9 Å². The van der Waals surface area contributed by atoms with Crippen molar-refractivity contribution in [1.29, 1.82) is 0 Å². The normalized spacial score (nSPS) is 11.2. The summed E-state index contributed by atoms with van der Waals surface area (Å²) in [5, 5.41) is 27.0. The number of fused-ring (bicyclic) bond motifs is 1. The Morgan fingerprint density at radius 1 is 1.03 bits per heavy atom. The van der Waals surface area contributed by atoms with Gasteiger partial charge in [0.15, 0.2) is 0 Å². The van der Waals surface area contributed by atoms with Gasteiger partial charge in [-0.1, -0.05) is 22.9 Å². The van der Waals surface area contributed by atoms with Gasteiger partial charge in [-0.05, 0) is 48.4 Å². The zero-order chi connectivity index (χ0) is 26.5. The molecule has 3 aromatic carbocycles. The fourth-order valence-electron chi connectivity index (χ4n) is 3.58. The Bertz CT molecular complexity index is 1580. The predicted octanol–water partition coefficient (Wildman–Crippen LogP) is 5.39. The van der Waals surface area contributed by atoms with Crippen LogP contribution in [0.25, 0.3) is 10.9 Å². The lowest BCUT2D eigenvalue weighted by atomic mass is 10.2. The fourth-order valence-corrected chi connectivity index (χ4v) is 3.94. The van der Waals surface area contributed by atoms with E-state index in [1.807, 2.05) is 6.92 Å². The van der Waals surface area contributed by atoms with Gasteiger partial charge in [-0.2, -0.15) is 9.78 Å². The lowest BCUT2D eigenvalue weighted by Gasteiger charge is -2.11. The molecule has 0 atom stereocenters. The first-order valence-electron chi connectivity index (χ1n) is 11.2. The summed E-state index contributed by atoms with van der Waals surface area (Å²) >= 11 is 3.37. The molecule has 188 valence electrons. The molecule has 1 aromatic heterocycles. The molecule has 0 fully saturated rings. The summed E-state index contributed by atoms with van der Waals surface area (Å²) in [5.74, 6) is 0.742. The fraction of sp³-hybridized carbons (Fsp3) is 0.160. The second-order valence-corrected chi connectivity index (χ2v) is 8.91. The molecule has 0 aliphatic carbocycles.